The summed E-state index contributed by atoms with van der Waals surface area (Å²) in [6, 6.07) is 5.91. The van der Waals surface area contributed by atoms with Crippen molar-refractivity contribution < 1.29 is 9.68 Å². The maximum absolute atomic E-state index is 9.60. The summed E-state index contributed by atoms with van der Waals surface area (Å²) in [5.74, 6) is 0. The molecule has 0 amide bonds. The molecule has 92 valence electrons. The van der Waals surface area contributed by atoms with Gasteiger partial charge in [-0.2, -0.15) is 0 Å². The van der Waals surface area contributed by atoms with Gasteiger partial charge in [0.05, 0.1) is 6.61 Å². The highest BCUT2D eigenvalue weighted by atomic mass is 35.5. The third kappa shape index (κ3) is 3.30. The van der Waals surface area contributed by atoms with Crippen molar-refractivity contribution in [2.75, 3.05) is 0 Å². The first-order chi connectivity index (χ1) is 8.70. The zero-order valence-electron chi connectivity index (χ0n) is 9.67. The van der Waals surface area contributed by atoms with Crippen LogP contribution >= 0.6 is 23.4 Å². The quantitative estimate of drug-likeness (QED) is 0.522. The molecule has 5 heteroatoms. The van der Waals surface area contributed by atoms with Crippen molar-refractivity contribution in [3.63, 3.8) is 0 Å². The molecule has 1 aliphatic heterocycles. The van der Waals surface area contributed by atoms with E-state index in [-0.39, 0.29) is 0 Å². The number of fused-ring (bicyclic) bond motifs is 1. The van der Waals surface area contributed by atoms with Crippen molar-refractivity contribution in [1.29, 1.82) is 0 Å². The summed E-state index contributed by atoms with van der Waals surface area (Å²) in [6.07, 6.45) is 5.16. The molecule has 1 heterocycles. The van der Waals surface area contributed by atoms with Crippen LogP contribution in [-0.2, 0) is 11.3 Å². The Bertz CT molecular complexity index is 514. The zero-order chi connectivity index (χ0) is 13.0. The fraction of sp³-hybridized carbons (Fsp3) is 0.0769. The van der Waals surface area contributed by atoms with Crippen LogP contribution in [0.3, 0.4) is 0 Å². The predicted octanol–water partition coefficient (Wildman–Crippen LogP) is 2.82. The maximum Gasteiger partial charge on any atom is 0.491 e. The van der Waals surface area contributed by atoms with E-state index in [1.807, 2.05) is 23.6 Å². The van der Waals surface area contributed by atoms with E-state index in [2.05, 4.69) is 6.58 Å². The molecule has 1 aliphatic rings. The van der Waals surface area contributed by atoms with Crippen LogP contribution < -0.4 is 5.46 Å². The van der Waals surface area contributed by atoms with Crippen LogP contribution in [0.4, 0.5) is 0 Å². The van der Waals surface area contributed by atoms with Gasteiger partial charge in [-0.05, 0) is 40.7 Å². The number of rotatable bonds is 4. The van der Waals surface area contributed by atoms with Crippen molar-refractivity contribution in [2.24, 2.45) is 0 Å². The van der Waals surface area contributed by atoms with Gasteiger partial charge in [0.1, 0.15) is 0 Å². The minimum Gasteiger partial charge on any atom is -0.423 e. The molecule has 0 aromatic heterocycles. The van der Waals surface area contributed by atoms with E-state index >= 15 is 0 Å². The second-order valence-corrected chi connectivity index (χ2v) is 5.15. The minimum atomic E-state index is -0.797. The average Bonchev–Trinajstić information content (AvgIpc) is 2.71. The van der Waals surface area contributed by atoms with Gasteiger partial charge in [0.15, 0.2) is 0 Å². The van der Waals surface area contributed by atoms with Gasteiger partial charge in [0.2, 0.25) is 0 Å². The molecule has 0 saturated heterocycles. The summed E-state index contributed by atoms with van der Waals surface area (Å²) in [4.78, 5) is 1.04. The first-order valence-corrected chi connectivity index (χ1v) is 6.70. The van der Waals surface area contributed by atoms with Crippen molar-refractivity contribution in [3.8, 4) is 0 Å². The Kier molecular flexibility index (Phi) is 4.72. The lowest BCUT2D eigenvalue weighted by Gasteiger charge is -2.01. The highest BCUT2D eigenvalue weighted by molar-refractivity contribution is 8.02. The van der Waals surface area contributed by atoms with Crippen LogP contribution in [0.5, 0.6) is 0 Å². The number of hydrogen-bond acceptors (Lipinski definition) is 3. The molecule has 0 unspecified atom stereocenters. The second kappa shape index (κ2) is 6.30. The Morgan fingerprint density at radius 1 is 1.56 bits per heavy atom. The summed E-state index contributed by atoms with van der Waals surface area (Å²) >= 11 is 7.43. The summed E-state index contributed by atoms with van der Waals surface area (Å²) in [5, 5.41) is 12.1. The lowest BCUT2D eigenvalue weighted by molar-refractivity contribution is 0.275. The Hall–Kier alpha value is -0.935. The van der Waals surface area contributed by atoms with Gasteiger partial charge >= 0.3 is 7.12 Å². The van der Waals surface area contributed by atoms with E-state index in [1.165, 1.54) is 11.8 Å². The lowest BCUT2D eigenvalue weighted by atomic mass is 9.80. The largest absolute Gasteiger partial charge is 0.491 e. The van der Waals surface area contributed by atoms with Crippen LogP contribution in [0.2, 0.25) is 0 Å². The van der Waals surface area contributed by atoms with E-state index < -0.39 is 7.12 Å². The summed E-state index contributed by atoms with van der Waals surface area (Å²) in [5.41, 5.74) is 1.89. The lowest BCUT2D eigenvalue weighted by Crippen LogP contribution is -2.27. The fourth-order valence-corrected chi connectivity index (χ4v) is 2.55. The Morgan fingerprint density at radius 2 is 2.39 bits per heavy atom. The Labute approximate surface area is 116 Å². The molecule has 0 aliphatic carbocycles. The van der Waals surface area contributed by atoms with Crippen LogP contribution in [-0.4, -0.2) is 12.1 Å². The molecular weight excluding hydrogens is 266 g/mol. The third-order valence-electron chi connectivity index (χ3n) is 2.49. The van der Waals surface area contributed by atoms with E-state index in [9.17, 15) is 5.02 Å². The van der Waals surface area contributed by atoms with Crippen LogP contribution in [0, 0.1) is 0 Å². The summed E-state index contributed by atoms with van der Waals surface area (Å²) in [6.45, 7) is 4.05. The highest BCUT2D eigenvalue weighted by Crippen LogP contribution is 2.22. The van der Waals surface area contributed by atoms with E-state index in [1.54, 1.807) is 18.2 Å². The molecule has 0 atom stereocenters. The molecule has 0 spiro atoms. The highest BCUT2D eigenvalue weighted by Gasteiger charge is 2.26. The normalized spacial score (nSPS) is 15.2. The standard InChI is InChI=1S/C13H12BClO2S/c1-2-3-11(15)6-7-18-12-5-4-10-9-17-14(16)13(10)8-12/h2-8,16H,1,9H2. The number of halogens is 1. The maximum atomic E-state index is 9.60. The van der Waals surface area contributed by atoms with Gasteiger partial charge in [-0.1, -0.05) is 42.1 Å². The number of thioether (sulfide) groups is 1. The zero-order valence-corrected chi connectivity index (χ0v) is 11.2. The molecule has 1 aromatic carbocycles. The second-order valence-electron chi connectivity index (χ2n) is 3.73. The minimum absolute atomic E-state index is 0.477. The Balaban J connectivity index is 2.05. The SMILES string of the molecule is C=CC=C(Cl)C=CSc1ccc2c(c1)B(O)OC2. The van der Waals surface area contributed by atoms with Crippen LogP contribution in [0.1, 0.15) is 5.56 Å². The molecule has 1 N–H and O–H groups in total. The molecular formula is C13H12BClO2S. The smallest absolute Gasteiger partial charge is 0.423 e. The predicted molar refractivity (Wildman–Crippen MR) is 78.0 cm³/mol. The van der Waals surface area contributed by atoms with Gasteiger partial charge in [-0.15, -0.1) is 0 Å². The fourth-order valence-electron chi connectivity index (χ4n) is 1.61. The molecule has 0 radical (unpaired) electrons. The van der Waals surface area contributed by atoms with Gasteiger partial charge in [-0.25, -0.2) is 0 Å². The van der Waals surface area contributed by atoms with Crippen molar-refractivity contribution in [3.05, 3.63) is 59.0 Å². The van der Waals surface area contributed by atoms with Gasteiger partial charge in [0.25, 0.3) is 0 Å². The van der Waals surface area contributed by atoms with Gasteiger partial charge in [-0.3, -0.25) is 0 Å². The first-order valence-electron chi connectivity index (χ1n) is 5.44. The third-order valence-corrected chi connectivity index (χ3v) is 3.54. The van der Waals surface area contributed by atoms with Crippen LogP contribution in [0.15, 0.2) is 58.3 Å². The van der Waals surface area contributed by atoms with Crippen molar-refractivity contribution >= 4 is 35.9 Å². The van der Waals surface area contributed by atoms with Gasteiger partial charge < -0.3 is 9.68 Å². The first kappa shape index (κ1) is 13.5. The van der Waals surface area contributed by atoms with Gasteiger partial charge in [0, 0.05) is 9.93 Å². The number of allylic oxidation sites excluding steroid dienone is 4. The van der Waals surface area contributed by atoms with Crippen molar-refractivity contribution in [1.82, 2.24) is 0 Å². The summed E-state index contributed by atoms with van der Waals surface area (Å²) in [7, 11) is -0.797. The van der Waals surface area contributed by atoms with E-state index in [0.29, 0.717) is 11.6 Å². The molecule has 2 rings (SSSR count). The Morgan fingerprint density at radius 3 is 3.17 bits per heavy atom. The molecule has 0 bridgehead atoms. The number of benzene rings is 1. The molecule has 18 heavy (non-hydrogen) atoms. The number of hydrogen-bond donors (Lipinski definition) is 1. The summed E-state index contributed by atoms with van der Waals surface area (Å²) < 4.78 is 5.14. The molecule has 0 saturated carbocycles. The average molecular weight is 279 g/mol. The van der Waals surface area contributed by atoms with Crippen LogP contribution in [0.25, 0.3) is 0 Å². The molecule has 0 fully saturated rings. The van der Waals surface area contributed by atoms with Crippen molar-refractivity contribution in [2.45, 2.75) is 11.5 Å². The topological polar surface area (TPSA) is 29.5 Å². The molecule has 2 nitrogen and oxygen atoms in total. The molecule has 1 aromatic rings. The monoisotopic (exact) mass is 278 g/mol. The van der Waals surface area contributed by atoms with E-state index in [0.717, 1.165) is 15.9 Å². The van der Waals surface area contributed by atoms with E-state index in [4.69, 9.17) is 16.3 Å².